The molecule has 0 bridgehead atoms. The summed E-state index contributed by atoms with van der Waals surface area (Å²) in [5, 5.41) is 22.5. The molecule has 1 rings (SSSR count). The van der Waals surface area contributed by atoms with Crippen molar-refractivity contribution in [3.63, 3.8) is 0 Å². The summed E-state index contributed by atoms with van der Waals surface area (Å²) in [6.45, 7) is 2.07. The van der Waals surface area contributed by atoms with Gasteiger partial charge in [-0.05, 0) is 18.4 Å². The molecule has 0 radical (unpaired) electrons. The third kappa shape index (κ3) is 10.6. The lowest BCUT2D eigenvalue weighted by Gasteiger charge is -2.20. The summed E-state index contributed by atoms with van der Waals surface area (Å²) in [6.07, 6.45) is 11.2. The second kappa shape index (κ2) is 14.7. The maximum absolute atomic E-state index is 12.0. The van der Waals surface area contributed by atoms with Crippen LogP contribution in [0.4, 0.5) is 0 Å². The average molecular weight is 364 g/mol. The number of benzene rings is 1. The van der Waals surface area contributed by atoms with Crippen LogP contribution in [0.25, 0.3) is 0 Å². The van der Waals surface area contributed by atoms with Crippen LogP contribution in [-0.4, -0.2) is 28.8 Å². The van der Waals surface area contributed by atoms with Crippen molar-refractivity contribution in [3.8, 4) is 0 Å². The molecule has 0 aliphatic rings. The first kappa shape index (κ1) is 22.7. The van der Waals surface area contributed by atoms with Gasteiger partial charge in [-0.1, -0.05) is 88.6 Å². The number of rotatable bonds is 15. The van der Waals surface area contributed by atoms with Crippen molar-refractivity contribution < 1.29 is 15.0 Å². The fourth-order valence-electron chi connectivity index (χ4n) is 3.16. The van der Waals surface area contributed by atoms with E-state index in [4.69, 9.17) is 0 Å². The molecule has 0 unspecified atom stereocenters. The topological polar surface area (TPSA) is 69.6 Å². The maximum atomic E-state index is 12.0. The second-order valence-corrected chi connectivity index (χ2v) is 7.19. The van der Waals surface area contributed by atoms with Crippen molar-refractivity contribution >= 4 is 5.91 Å². The lowest BCUT2D eigenvalue weighted by molar-refractivity contribution is -0.122. The smallest absolute Gasteiger partial charge is 0.220 e. The zero-order valence-corrected chi connectivity index (χ0v) is 16.3. The molecule has 0 aliphatic heterocycles. The van der Waals surface area contributed by atoms with Crippen molar-refractivity contribution in [1.82, 2.24) is 5.32 Å². The van der Waals surface area contributed by atoms with Crippen LogP contribution < -0.4 is 5.32 Å². The summed E-state index contributed by atoms with van der Waals surface area (Å²) in [5.74, 6) is -0.0349. The predicted octanol–water partition coefficient (Wildman–Crippen LogP) is 4.51. The number of carbonyl (C=O) groups is 1. The largest absolute Gasteiger partial charge is 0.394 e. The van der Waals surface area contributed by atoms with Gasteiger partial charge in [-0.3, -0.25) is 4.79 Å². The predicted molar refractivity (Wildman–Crippen MR) is 107 cm³/mol. The quantitative estimate of drug-likeness (QED) is 0.402. The van der Waals surface area contributed by atoms with Crippen LogP contribution in [0.15, 0.2) is 30.3 Å². The number of carbonyl (C=O) groups excluding carboxylic acids is 1. The summed E-state index contributed by atoms with van der Waals surface area (Å²) in [6, 6.07) is 8.93. The monoisotopic (exact) mass is 363 g/mol. The van der Waals surface area contributed by atoms with Gasteiger partial charge >= 0.3 is 0 Å². The summed E-state index contributed by atoms with van der Waals surface area (Å²) < 4.78 is 0. The highest BCUT2D eigenvalue weighted by Gasteiger charge is 2.17. The molecular weight excluding hydrogens is 326 g/mol. The van der Waals surface area contributed by atoms with Crippen LogP contribution in [0.1, 0.15) is 89.2 Å². The van der Waals surface area contributed by atoms with Crippen molar-refractivity contribution in [2.24, 2.45) is 0 Å². The van der Waals surface area contributed by atoms with Gasteiger partial charge in [0.05, 0.1) is 18.8 Å². The first-order chi connectivity index (χ1) is 12.7. The Labute approximate surface area is 159 Å². The number of aliphatic hydroxyl groups is 2. The minimum Gasteiger partial charge on any atom is -0.394 e. The van der Waals surface area contributed by atoms with Gasteiger partial charge in [0.15, 0.2) is 0 Å². The molecule has 148 valence electrons. The molecule has 2 atom stereocenters. The highest BCUT2D eigenvalue weighted by Crippen LogP contribution is 2.18. The van der Waals surface area contributed by atoms with Gasteiger partial charge in [0.25, 0.3) is 0 Å². The van der Waals surface area contributed by atoms with E-state index in [1.165, 1.54) is 44.9 Å². The average Bonchev–Trinajstić information content (AvgIpc) is 2.66. The first-order valence-corrected chi connectivity index (χ1v) is 10.3. The number of hydrogen-bond acceptors (Lipinski definition) is 3. The fourth-order valence-corrected chi connectivity index (χ4v) is 3.16. The number of aliphatic hydroxyl groups excluding tert-OH is 2. The van der Waals surface area contributed by atoms with Crippen LogP contribution in [0.3, 0.4) is 0 Å². The third-order valence-electron chi connectivity index (χ3n) is 4.79. The molecule has 0 saturated carbocycles. The van der Waals surface area contributed by atoms with E-state index < -0.39 is 12.1 Å². The minimum atomic E-state index is -0.679. The van der Waals surface area contributed by atoms with Crippen LogP contribution in [0.2, 0.25) is 0 Å². The van der Waals surface area contributed by atoms with E-state index in [2.05, 4.69) is 12.2 Å². The normalized spacial score (nSPS) is 13.3. The second-order valence-electron chi connectivity index (χ2n) is 7.19. The Hall–Kier alpha value is -1.39. The van der Waals surface area contributed by atoms with E-state index in [-0.39, 0.29) is 12.5 Å². The van der Waals surface area contributed by atoms with Crippen LogP contribution >= 0.6 is 0 Å². The van der Waals surface area contributed by atoms with Crippen molar-refractivity contribution in [1.29, 1.82) is 0 Å². The van der Waals surface area contributed by atoms with Gasteiger partial charge in [-0.2, -0.15) is 0 Å². The zero-order valence-electron chi connectivity index (χ0n) is 16.3. The lowest BCUT2D eigenvalue weighted by atomic mass is 10.0. The molecule has 0 fully saturated rings. The van der Waals surface area contributed by atoms with Gasteiger partial charge in [-0.25, -0.2) is 0 Å². The molecule has 4 nitrogen and oxygen atoms in total. The Morgan fingerprint density at radius 3 is 2.12 bits per heavy atom. The molecule has 3 N–H and O–H groups in total. The molecule has 26 heavy (non-hydrogen) atoms. The molecular formula is C22H37NO3. The Kier molecular flexibility index (Phi) is 12.8. The molecule has 0 aliphatic carbocycles. The minimum absolute atomic E-state index is 0.0349. The standard InChI is InChI=1S/C22H37NO3/c1-2-3-4-5-6-7-8-9-13-16-22(26)23-20(18-24)17-21(25)19-14-11-10-12-15-19/h10-12,14-15,20-21,24-25H,2-9,13,16-18H2,1H3,(H,23,26)/t20-,21+/m0/s1. The van der Waals surface area contributed by atoms with Gasteiger partial charge in [-0.15, -0.1) is 0 Å². The van der Waals surface area contributed by atoms with E-state index in [1.807, 2.05) is 30.3 Å². The van der Waals surface area contributed by atoms with Crippen molar-refractivity contribution in [3.05, 3.63) is 35.9 Å². The molecule has 0 spiro atoms. The van der Waals surface area contributed by atoms with E-state index in [0.717, 1.165) is 18.4 Å². The van der Waals surface area contributed by atoms with Crippen molar-refractivity contribution in [2.75, 3.05) is 6.61 Å². The Balaban J connectivity index is 2.12. The van der Waals surface area contributed by atoms with Crippen LogP contribution in [0.5, 0.6) is 0 Å². The van der Waals surface area contributed by atoms with Gasteiger partial charge in [0.2, 0.25) is 5.91 Å². The number of unbranched alkanes of at least 4 members (excludes halogenated alkanes) is 8. The molecule has 4 heteroatoms. The third-order valence-corrected chi connectivity index (χ3v) is 4.79. The summed E-state index contributed by atoms with van der Waals surface area (Å²) in [5.41, 5.74) is 0.805. The summed E-state index contributed by atoms with van der Waals surface area (Å²) >= 11 is 0. The Bertz CT molecular complexity index is 464. The fraction of sp³-hybridized carbons (Fsp3) is 0.682. The van der Waals surface area contributed by atoms with Gasteiger partial charge in [0.1, 0.15) is 0 Å². The van der Waals surface area contributed by atoms with Crippen LogP contribution in [0, 0.1) is 0 Å². The molecule has 1 aromatic carbocycles. The molecule has 0 saturated heterocycles. The van der Waals surface area contributed by atoms with E-state index in [9.17, 15) is 15.0 Å². The van der Waals surface area contributed by atoms with E-state index in [1.54, 1.807) is 0 Å². The van der Waals surface area contributed by atoms with Crippen molar-refractivity contribution in [2.45, 2.75) is 89.7 Å². The number of nitrogens with one attached hydrogen (secondary N) is 1. The first-order valence-electron chi connectivity index (χ1n) is 10.3. The maximum Gasteiger partial charge on any atom is 0.220 e. The van der Waals surface area contributed by atoms with E-state index >= 15 is 0 Å². The zero-order chi connectivity index (χ0) is 19.0. The Morgan fingerprint density at radius 1 is 0.962 bits per heavy atom. The summed E-state index contributed by atoms with van der Waals surface area (Å²) in [4.78, 5) is 12.0. The molecule has 1 aromatic rings. The Morgan fingerprint density at radius 2 is 1.54 bits per heavy atom. The van der Waals surface area contributed by atoms with Gasteiger partial charge < -0.3 is 15.5 Å². The van der Waals surface area contributed by atoms with Gasteiger partial charge in [0, 0.05) is 6.42 Å². The highest BCUT2D eigenvalue weighted by atomic mass is 16.3. The lowest BCUT2D eigenvalue weighted by Crippen LogP contribution is -2.38. The number of hydrogen-bond donors (Lipinski definition) is 3. The molecule has 1 amide bonds. The van der Waals surface area contributed by atoms with Crippen LogP contribution in [-0.2, 0) is 4.79 Å². The SMILES string of the molecule is CCCCCCCCCCCC(=O)N[C@H](CO)C[C@@H](O)c1ccccc1. The molecule has 0 heterocycles. The molecule has 0 aromatic heterocycles. The number of amides is 1. The highest BCUT2D eigenvalue weighted by molar-refractivity contribution is 5.76. The van der Waals surface area contributed by atoms with E-state index in [0.29, 0.717) is 12.8 Å². The summed E-state index contributed by atoms with van der Waals surface area (Å²) in [7, 11) is 0.